The van der Waals surface area contributed by atoms with Gasteiger partial charge in [0.05, 0.1) is 22.2 Å². The van der Waals surface area contributed by atoms with E-state index in [9.17, 15) is 17.6 Å². The SMILES string of the molecule is N#Cc1cc(F)c(Cl)c(C(F)(F)F)c1. The van der Waals surface area contributed by atoms with E-state index in [2.05, 4.69) is 0 Å². The van der Waals surface area contributed by atoms with Gasteiger partial charge in [-0.15, -0.1) is 0 Å². The summed E-state index contributed by atoms with van der Waals surface area (Å²) in [4.78, 5) is 0. The lowest BCUT2D eigenvalue weighted by Gasteiger charge is -2.09. The predicted octanol–water partition coefficient (Wildman–Crippen LogP) is 3.37. The van der Waals surface area contributed by atoms with Crippen molar-refractivity contribution in [3.63, 3.8) is 0 Å². The van der Waals surface area contributed by atoms with E-state index >= 15 is 0 Å². The van der Waals surface area contributed by atoms with Crippen LogP contribution in [0.15, 0.2) is 12.1 Å². The van der Waals surface area contributed by atoms with Crippen molar-refractivity contribution in [2.45, 2.75) is 6.18 Å². The Morgan fingerprint density at radius 3 is 2.29 bits per heavy atom. The minimum Gasteiger partial charge on any atom is -0.205 e. The second-order valence-electron chi connectivity index (χ2n) is 2.43. The monoisotopic (exact) mass is 223 g/mol. The first kappa shape index (κ1) is 10.8. The highest BCUT2D eigenvalue weighted by molar-refractivity contribution is 6.31. The molecule has 0 aliphatic heterocycles. The molecule has 6 heteroatoms. The van der Waals surface area contributed by atoms with Crippen molar-refractivity contribution >= 4 is 11.6 Å². The number of alkyl halides is 3. The average molecular weight is 224 g/mol. The van der Waals surface area contributed by atoms with Gasteiger partial charge < -0.3 is 0 Å². The van der Waals surface area contributed by atoms with Crippen LogP contribution in [0.2, 0.25) is 5.02 Å². The standard InChI is InChI=1S/C8H2ClF4N/c9-7-5(8(11,12)13)1-4(3-14)2-6(7)10/h1-2H. The molecule has 0 spiro atoms. The number of nitriles is 1. The van der Waals surface area contributed by atoms with Gasteiger partial charge in [-0.2, -0.15) is 18.4 Å². The fraction of sp³-hybridized carbons (Fsp3) is 0.125. The molecular formula is C8H2ClF4N. The lowest BCUT2D eigenvalue weighted by molar-refractivity contribution is -0.137. The van der Waals surface area contributed by atoms with Crippen LogP contribution in [-0.2, 0) is 6.18 Å². The third-order valence-electron chi connectivity index (χ3n) is 1.46. The maximum Gasteiger partial charge on any atom is 0.417 e. The molecule has 0 N–H and O–H groups in total. The van der Waals surface area contributed by atoms with Crippen molar-refractivity contribution in [2.24, 2.45) is 0 Å². The molecule has 14 heavy (non-hydrogen) atoms. The Labute approximate surface area is 81.5 Å². The molecule has 1 rings (SSSR count). The first-order chi connectivity index (χ1) is 6.36. The second-order valence-corrected chi connectivity index (χ2v) is 2.81. The lowest BCUT2D eigenvalue weighted by Crippen LogP contribution is -2.07. The summed E-state index contributed by atoms with van der Waals surface area (Å²) in [6.45, 7) is 0. The summed E-state index contributed by atoms with van der Waals surface area (Å²) in [7, 11) is 0. The molecule has 0 atom stereocenters. The Hall–Kier alpha value is -1.28. The number of halogens is 5. The van der Waals surface area contributed by atoms with Crippen molar-refractivity contribution in [3.05, 3.63) is 34.1 Å². The first-order valence-electron chi connectivity index (χ1n) is 3.32. The molecule has 0 amide bonds. The van der Waals surface area contributed by atoms with Crippen LogP contribution in [0, 0.1) is 17.1 Å². The quantitative estimate of drug-likeness (QED) is 0.619. The van der Waals surface area contributed by atoms with Gasteiger partial charge in [0.1, 0.15) is 5.82 Å². The number of hydrogen-bond donors (Lipinski definition) is 0. The van der Waals surface area contributed by atoms with Crippen LogP contribution in [0.5, 0.6) is 0 Å². The van der Waals surface area contributed by atoms with E-state index in [1.165, 1.54) is 6.07 Å². The molecule has 0 radical (unpaired) electrons. The summed E-state index contributed by atoms with van der Waals surface area (Å²) in [5.74, 6) is -1.25. The highest BCUT2D eigenvalue weighted by Crippen LogP contribution is 2.36. The molecular weight excluding hydrogens is 222 g/mol. The van der Waals surface area contributed by atoms with Gasteiger partial charge in [0.2, 0.25) is 0 Å². The van der Waals surface area contributed by atoms with E-state index in [-0.39, 0.29) is 0 Å². The maximum atomic E-state index is 12.8. The zero-order valence-corrected chi connectivity index (χ0v) is 7.25. The van der Waals surface area contributed by atoms with Crippen LogP contribution in [0.25, 0.3) is 0 Å². The van der Waals surface area contributed by atoms with E-state index in [1.54, 1.807) is 0 Å². The summed E-state index contributed by atoms with van der Waals surface area (Å²) in [6, 6.07) is 2.56. The minimum absolute atomic E-state index is 0.417. The number of hydrogen-bond acceptors (Lipinski definition) is 1. The van der Waals surface area contributed by atoms with Gasteiger partial charge in [-0.05, 0) is 12.1 Å². The molecule has 0 aliphatic carbocycles. The van der Waals surface area contributed by atoms with Crippen molar-refractivity contribution in [1.29, 1.82) is 5.26 Å². The molecule has 0 saturated carbocycles. The largest absolute Gasteiger partial charge is 0.417 e. The minimum atomic E-state index is -4.76. The van der Waals surface area contributed by atoms with E-state index in [0.717, 1.165) is 0 Å². The lowest BCUT2D eigenvalue weighted by atomic mass is 10.1. The van der Waals surface area contributed by atoms with Crippen LogP contribution in [-0.4, -0.2) is 0 Å². The molecule has 0 unspecified atom stereocenters. The summed E-state index contributed by atoms with van der Waals surface area (Å²) < 4.78 is 49.3. The Kier molecular flexibility index (Phi) is 2.67. The average Bonchev–Trinajstić information content (AvgIpc) is 2.07. The predicted molar refractivity (Wildman–Crippen MR) is 41.1 cm³/mol. The fourth-order valence-corrected chi connectivity index (χ4v) is 1.08. The van der Waals surface area contributed by atoms with Gasteiger partial charge in [-0.25, -0.2) is 4.39 Å². The van der Waals surface area contributed by atoms with Gasteiger partial charge in [-0.3, -0.25) is 0 Å². The molecule has 1 aromatic rings. The highest BCUT2D eigenvalue weighted by atomic mass is 35.5. The molecule has 1 nitrogen and oxygen atoms in total. The van der Waals surface area contributed by atoms with Gasteiger partial charge in [0.15, 0.2) is 0 Å². The Morgan fingerprint density at radius 2 is 1.86 bits per heavy atom. The van der Waals surface area contributed by atoms with Crippen molar-refractivity contribution in [1.82, 2.24) is 0 Å². The molecule has 0 fully saturated rings. The Morgan fingerprint density at radius 1 is 1.29 bits per heavy atom. The zero-order chi connectivity index (χ0) is 10.9. The van der Waals surface area contributed by atoms with Crippen LogP contribution in [0.4, 0.5) is 17.6 Å². The van der Waals surface area contributed by atoms with E-state index < -0.39 is 28.1 Å². The third-order valence-corrected chi connectivity index (χ3v) is 1.85. The van der Waals surface area contributed by atoms with Gasteiger partial charge in [0.25, 0.3) is 0 Å². The van der Waals surface area contributed by atoms with Crippen LogP contribution in [0.3, 0.4) is 0 Å². The van der Waals surface area contributed by atoms with E-state index in [1.807, 2.05) is 0 Å². The fourth-order valence-electron chi connectivity index (χ4n) is 0.860. The first-order valence-corrected chi connectivity index (χ1v) is 3.70. The zero-order valence-electron chi connectivity index (χ0n) is 6.49. The molecule has 0 aliphatic rings. The third kappa shape index (κ3) is 1.96. The molecule has 0 saturated heterocycles. The molecule has 1 aromatic carbocycles. The summed E-state index contributed by atoms with van der Waals surface area (Å²) >= 11 is 5.10. The van der Waals surface area contributed by atoms with Crippen molar-refractivity contribution in [2.75, 3.05) is 0 Å². The summed E-state index contributed by atoms with van der Waals surface area (Å²) in [5.41, 5.74) is -1.75. The number of benzene rings is 1. The summed E-state index contributed by atoms with van der Waals surface area (Å²) in [6.07, 6.45) is -4.76. The molecule has 0 bridgehead atoms. The van der Waals surface area contributed by atoms with Crippen LogP contribution < -0.4 is 0 Å². The van der Waals surface area contributed by atoms with Crippen molar-refractivity contribution in [3.8, 4) is 6.07 Å². The maximum absolute atomic E-state index is 12.8. The topological polar surface area (TPSA) is 23.8 Å². The van der Waals surface area contributed by atoms with Gasteiger partial charge in [0, 0.05) is 0 Å². The van der Waals surface area contributed by atoms with E-state index in [0.29, 0.717) is 12.1 Å². The highest BCUT2D eigenvalue weighted by Gasteiger charge is 2.34. The van der Waals surface area contributed by atoms with Crippen LogP contribution >= 0.6 is 11.6 Å². The molecule has 0 heterocycles. The van der Waals surface area contributed by atoms with Gasteiger partial charge >= 0.3 is 6.18 Å². The Balaban J connectivity index is 3.44. The van der Waals surface area contributed by atoms with Crippen molar-refractivity contribution < 1.29 is 17.6 Å². The smallest absolute Gasteiger partial charge is 0.205 e. The number of nitrogens with zero attached hydrogens (tertiary/aromatic N) is 1. The molecule has 74 valence electrons. The van der Waals surface area contributed by atoms with Gasteiger partial charge in [-0.1, -0.05) is 11.6 Å². The number of rotatable bonds is 0. The second kappa shape index (κ2) is 3.46. The molecule has 0 aromatic heterocycles. The Bertz CT molecular complexity index is 405. The summed E-state index contributed by atoms with van der Waals surface area (Å²) in [5, 5.41) is 7.30. The van der Waals surface area contributed by atoms with E-state index in [4.69, 9.17) is 16.9 Å². The van der Waals surface area contributed by atoms with Crippen LogP contribution in [0.1, 0.15) is 11.1 Å². The normalized spacial score (nSPS) is 11.1.